The minimum atomic E-state index is 0.0188. The molecule has 0 unspecified atom stereocenters. The Balaban J connectivity index is 1.56. The van der Waals surface area contributed by atoms with Crippen LogP contribution in [0.1, 0.15) is 0 Å². The van der Waals surface area contributed by atoms with E-state index >= 15 is 0 Å². The number of carbonyl (C=O) groups is 2. The fourth-order valence-corrected chi connectivity index (χ4v) is 4.28. The predicted octanol–water partition coefficient (Wildman–Crippen LogP) is 2.15. The van der Waals surface area contributed by atoms with E-state index in [0.29, 0.717) is 33.5 Å². The Labute approximate surface area is 158 Å². The zero-order chi connectivity index (χ0) is 17.1. The first-order valence-corrected chi connectivity index (χ1v) is 9.85. The van der Waals surface area contributed by atoms with E-state index in [1.807, 2.05) is 24.3 Å². The van der Waals surface area contributed by atoms with Crippen LogP contribution in [0, 0.1) is 0 Å². The van der Waals surface area contributed by atoms with E-state index in [9.17, 15) is 9.59 Å². The number of hydrogen-bond acceptors (Lipinski definition) is 8. The number of carbonyl (C=O) groups excluding carboxylic acids is 2. The van der Waals surface area contributed by atoms with E-state index in [2.05, 4.69) is 10.6 Å². The van der Waals surface area contributed by atoms with Gasteiger partial charge in [-0.1, -0.05) is 54.0 Å². The fraction of sp³-hybridized carbons (Fsp3) is 0.286. The number of hydrogen-bond donors (Lipinski definition) is 2. The highest BCUT2D eigenvalue weighted by Crippen LogP contribution is 2.22. The van der Waals surface area contributed by atoms with Crippen molar-refractivity contribution in [3.8, 4) is 0 Å². The summed E-state index contributed by atoms with van der Waals surface area (Å²) in [5.41, 5.74) is 1.72. The summed E-state index contributed by atoms with van der Waals surface area (Å²) in [6, 6.07) is 7.61. The van der Waals surface area contributed by atoms with Crippen molar-refractivity contribution in [1.29, 1.82) is 0 Å². The van der Waals surface area contributed by atoms with E-state index in [1.54, 1.807) is 9.80 Å². The van der Waals surface area contributed by atoms with Crippen LogP contribution in [0.3, 0.4) is 0 Å². The molecule has 0 atom stereocenters. The average Bonchev–Trinajstić information content (AvgIpc) is 3.06. The molecule has 0 radical (unpaired) electrons. The molecule has 10 heteroatoms. The van der Waals surface area contributed by atoms with Crippen molar-refractivity contribution >= 4 is 79.8 Å². The van der Waals surface area contributed by atoms with Gasteiger partial charge in [0.1, 0.15) is 8.64 Å². The lowest BCUT2D eigenvalue weighted by Gasteiger charge is -2.18. The first-order chi connectivity index (χ1) is 11.5. The summed E-state index contributed by atoms with van der Waals surface area (Å²) in [4.78, 5) is 26.5. The molecule has 0 saturated carbocycles. The molecule has 0 aliphatic carbocycles. The van der Waals surface area contributed by atoms with Crippen LogP contribution in [0.5, 0.6) is 0 Å². The summed E-state index contributed by atoms with van der Waals surface area (Å²) in [5.74, 6) is 0.851. The van der Waals surface area contributed by atoms with Gasteiger partial charge in [0.05, 0.1) is 24.8 Å². The molecule has 2 amide bonds. The maximum atomic E-state index is 11.7. The Morgan fingerprint density at radius 1 is 0.917 bits per heavy atom. The van der Waals surface area contributed by atoms with Crippen LogP contribution in [-0.4, -0.2) is 55.1 Å². The number of nitrogens with zero attached hydrogens (tertiary/aromatic N) is 2. The van der Waals surface area contributed by atoms with Gasteiger partial charge in [0.2, 0.25) is 11.8 Å². The highest BCUT2D eigenvalue weighted by molar-refractivity contribution is 8.24. The molecule has 126 valence electrons. The Hall–Kier alpha value is -1.36. The molecule has 2 aliphatic rings. The summed E-state index contributed by atoms with van der Waals surface area (Å²) in [7, 11) is 0. The smallest absolute Gasteiger partial charge is 0.239 e. The lowest BCUT2D eigenvalue weighted by molar-refractivity contribution is -0.124. The van der Waals surface area contributed by atoms with E-state index < -0.39 is 0 Å². The van der Waals surface area contributed by atoms with Crippen molar-refractivity contribution in [2.75, 3.05) is 35.5 Å². The van der Waals surface area contributed by atoms with Crippen molar-refractivity contribution < 1.29 is 9.59 Å². The molecule has 2 heterocycles. The third kappa shape index (κ3) is 4.00. The van der Waals surface area contributed by atoms with Crippen LogP contribution in [0.2, 0.25) is 0 Å². The molecule has 1 aromatic rings. The normalized spacial score (nSPS) is 17.8. The molecule has 6 nitrogen and oxygen atoms in total. The number of thioether (sulfide) groups is 2. The van der Waals surface area contributed by atoms with Gasteiger partial charge in [0.15, 0.2) is 0 Å². The van der Waals surface area contributed by atoms with Gasteiger partial charge in [-0.25, -0.2) is 0 Å². The number of thiocarbonyl (C=S) groups is 2. The largest absolute Gasteiger partial charge is 0.367 e. The number of nitrogens with one attached hydrogen (secondary N) is 2. The molecular formula is C14H14N4O2S4. The van der Waals surface area contributed by atoms with Crippen molar-refractivity contribution in [3.63, 3.8) is 0 Å². The van der Waals surface area contributed by atoms with Crippen LogP contribution in [-0.2, 0) is 9.59 Å². The maximum absolute atomic E-state index is 11.7. The number of amides is 2. The molecular weight excluding hydrogens is 384 g/mol. The van der Waals surface area contributed by atoms with Crippen LogP contribution in [0.4, 0.5) is 11.4 Å². The number of benzene rings is 1. The molecule has 0 aromatic heterocycles. The fourth-order valence-electron chi connectivity index (χ4n) is 2.15. The highest BCUT2D eigenvalue weighted by Gasteiger charge is 2.27. The second-order valence-electron chi connectivity index (χ2n) is 5.00. The molecule has 2 saturated heterocycles. The van der Waals surface area contributed by atoms with E-state index in [1.165, 1.54) is 23.5 Å². The van der Waals surface area contributed by atoms with Crippen molar-refractivity contribution in [1.82, 2.24) is 9.80 Å². The minimum absolute atomic E-state index is 0.0188. The average molecular weight is 399 g/mol. The highest BCUT2D eigenvalue weighted by atomic mass is 32.2. The molecule has 1 aromatic carbocycles. The summed E-state index contributed by atoms with van der Waals surface area (Å²) >= 11 is 13.1. The van der Waals surface area contributed by atoms with Crippen molar-refractivity contribution in [3.05, 3.63) is 24.3 Å². The molecule has 3 rings (SSSR count). The zero-order valence-corrected chi connectivity index (χ0v) is 15.7. The zero-order valence-electron chi connectivity index (χ0n) is 12.5. The molecule has 2 N–H and O–H groups in total. The van der Waals surface area contributed by atoms with Gasteiger partial charge in [-0.2, -0.15) is 0 Å². The number of anilines is 2. The lowest BCUT2D eigenvalue weighted by atomic mass is 10.3. The Morgan fingerprint density at radius 3 is 1.75 bits per heavy atom. The molecule has 0 bridgehead atoms. The van der Waals surface area contributed by atoms with Gasteiger partial charge in [0.25, 0.3) is 0 Å². The molecule has 2 fully saturated rings. The second-order valence-corrected chi connectivity index (χ2v) is 8.22. The maximum Gasteiger partial charge on any atom is 0.239 e. The van der Waals surface area contributed by atoms with Gasteiger partial charge in [-0.3, -0.25) is 19.4 Å². The SMILES string of the molecule is O=C1CSC(=S)N1CNc1cccc(NCN2C(=O)CSC2=S)c1. The summed E-state index contributed by atoms with van der Waals surface area (Å²) in [6.07, 6.45) is 0. The number of rotatable bonds is 6. The van der Waals surface area contributed by atoms with E-state index in [-0.39, 0.29) is 11.8 Å². The molecule has 24 heavy (non-hydrogen) atoms. The first kappa shape index (κ1) is 17.5. The van der Waals surface area contributed by atoms with Gasteiger partial charge in [-0.15, -0.1) is 0 Å². The second kappa shape index (κ2) is 7.68. The van der Waals surface area contributed by atoms with Crippen molar-refractivity contribution in [2.24, 2.45) is 0 Å². The third-order valence-electron chi connectivity index (χ3n) is 3.43. The topological polar surface area (TPSA) is 64.7 Å². The predicted molar refractivity (Wildman–Crippen MR) is 107 cm³/mol. The van der Waals surface area contributed by atoms with Gasteiger partial charge < -0.3 is 10.6 Å². The van der Waals surface area contributed by atoms with Crippen LogP contribution < -0.4 is 10.6 Å². The summed E-state index contributed by atoms with van der Waals surface area (Å²) in [6.45, 7) is 0.693. The molecule has 2 aliphatic heterocycles. The Morgan fingerprint density at radius 2 is 1.38 bits per heavy atom. The summed E-state index contributed by atoms with van der Waals surface area (Å²) in [5, 5.41) is 6.37. The van der Waals surface area contributed by atoms with Crippen LogP contribution in [0.15, 0.2) is 24.3 Å². The Kier molecular flexibility index (Phi) is 5.59. The molecule has 0 spiro atoms. The standard InChI is InChI=1S/C14H14N4O2S4/c19-11-5-23-13(21)17(11)7-15-9-2-1-3-10(4-9)16-8-18-12(20)6-24-14(18)22/h1-4,15-16H,5-8H2. The third-order valence-corrected chi connectivity index (χ3v) is 6.29. The van der Waals surface area contributed by atoms with E-state index in [4.69, 9.17) is 24.4 Å². The minimum Gasteiger partial charge on any atom is -0.367 e. The monoisotopic (exact) mass is 398 g/mol. The van der Waals surface area contributed by atoms with Crippen LogP contribution >= 0.6 is 48.0 Å². The van der Waals surface area contributed by atoms with Gasteiger partial charge >= 0.3 is 0 Å². The van der Waals surface area contributed by atoms with Gasteiger partial charge in [0, 0.05) is 11.4 Å². The van der Waals surface area contributed by atoms with Crippen molar-refractivity contribution in [2.45, 2.75) is 0 Å². The Bertz CT molecular complexity index is 625. The quantitative estimate of drug-likeness (QED) is 0.707. The first-order valence-electron chi connectivity index (χ1n) is 7.06. The van der Waals surface area contributed by atoms with Gasteiger partial charge in [-0.05, 0) is 18.2 Å². The van der Waals surface area contributed by atoms with Crippen LogP contribution in [0.25, 0.3) is 0 Å². The lowest BCUT2D eigenvalue weighted by Crippen LogP contribution is -2.33. The van der Waals surface area contributed by atoms with E-state index in [0.717, 1.165) is 11.4 Å². The summed E-state index contributed by atoms with van der Waals surface area (Å²) < 4.78 is 1.20.